The summed E-state index contributed by atoms with van der Waals surface area (Å²) in [7, 11) is 0. The summed E-state index contributed by atoms with van der Waals surface area (Å²) >= 11 is 0. The summed E-state index contributed by atoms with van der Waals surface area (Å²) in [4.78, 5) is 4.33. The summed E-state index contributed by atoms with van der Waals surface area (Å²) in [6, 6.07) is 14.3. The molecule has 6 heteroatoms. The van der Waals surface area contributed by atoms with Gasteiger partial charge < -0.3 is 20.0 Å². The van der Waals surface area contributed by atoms with Gasteiger partial charge in [-0.2, -0.15) is 5.26 Å². The predicted molar refractivity (Wildman–Crippen MR) is 101 cm³/mol. The Hall–Kier alpha value is -3.30. The van der Waals surface area contributed by atoms with E-state index in [0.29, 0.717) is 17.0 Å². The zero-order valence-corrected chi connectivity index (χ0v) is 14.7. The molecule has 3 N–H and O–H groups in total. The lowest BCUT2D eigenvalue weighted by molar-refractivity contribution is 0.00222. The van der Waals surface area contributed by atoms with Crippen LogP contribution >= 0.6 is 0 Å². The van der Waals surface area contributed by atoms with E-state index in [1.807, 2.05) is 12.1 Å². The fourth-order valence-corrected chi connectivity index (χ4v) is 3.29. The van der Waals surface area contributed by atoms with E-state index in [1.54, 1.807) is 30.3 Å². The van der Waals surface area contributed by atoms with Crippen LogP contribution in [0.2, 0.25) is 0 Å². The number of phenolic OH excluding ortho intramolecular Hbond substituents is 1. The molecule has 3 heterocycles. The third-order valence-electron chi connectivity index (χ3n) is 4.71. The van der Waals surface area contributed by atoms with Crippen LogP contribution in [0.25, 0.3) is 22.6 Å². The molecular weight excluding hydrogens is 342 g/mol. The Balaban J connectivity index is 1.76. The number of nitrogen functional groups attached to an aromatic ring is 1. The van der Waals surface area contributed by atoms with Gasteiger partial charge in [-0.3, -0.25) is 0 Å². The van der Waals surface area contributed by atoms with Crippen molar-refractivity contribution in [3.63, 3.8) is 0 Å². The number of aromatic nitrogens is 1. The highest BCUT2D eigenvalue weighted by Gasteiger charge is 2.22. The zero-order valence-electron chi connectivity index (χ0n) is 14.7. The van der Waals surface area contributed by atoms with E-state index < -0.39 is 0 Å². The number of ether oxygens (including phenoxy) is 1. The fraction of sp³-hybridized carbons (Fsp3) is 0.238. The van der Waals surface area contributed by atoms with Gasteiger partial charge in [-0.05, 0) is 61.7 Å². The van der Waals surface area contributed by atoms with Crippen LogP contribution < -0.4 is 5.73 Å². The van der Waals surface area contributed by atoms with Gasteiger partial charge >= 0.3 is 0 Å². The maximum absolute atomic E-state index is 9.54. The van der Waals surface area contributed by atoms with Crippen molar-refractivity contribution in [2.24, 2.45) is 0 Å². The van der Waals surface area contributed by atoms with Crippen LogP contribution in [0.15, 0.2) is 46.9 Å². The molecule has 0 amide bonds. The third kappa shape index (κ3) is 3.37. The van der Waals surface area contributed by atoms with Gasteiger partial charge in [-0.15, -0.1) is 0 Å². The van der Waals surface area contributed by atoms with Gasteiger partial charge in [0.05, 0.1) is 5.69 Å². The number of anilines is 1. The summed E-state index contributed by atoms with van der Waals surface area (Å²) < 4.78 is 11.8. The molecule has 1 unspecified atom stereocenters. The van der Waals surface area contributed by atoms with Crippen molar-refractivity contribution in [3.8, 4) is 34.4 Å². The van der Waals surface area contributed by atoms with Crippen LogP contribution in [-0.2, 0) is 4.74 Å². The molecular formula is C21H19N3O3. The second kappa shape index (κ2) is 7.14. The van der Waals surface area contributed by atoms with Crippen molar-refractivity contribution in [2.45, 2.75) is 25.4 Å². The SMILES string of the molecule is N#Cc1c(-c2ccc(C3CCCCO3)o2)cc(-c2ccc(O)cc2)nc1N. The molecule has 0 aliphatic carbocycles. The van der Waals surface area contributed by atoms with Crippen LogP contribution in [0.1, 0.15) is 36.7 Å². The number of benzene rings is 1. The van der Waals surface area contributed by atoms with Crippen molar-refractivity contribution in [3.05, 3.63) is 53.8 Å². The summed E-state index contributed by atoms with van der Waals surface area (Å²) in [5.74, 6) is 1.63. The fourth-order valence-electron chi connectivity index (χ4n) is 3.29. The molecule has 1 aliphatic rings. The summed E-state index contributed by atoms with van der Waals surface area (Å²) in [5.41, 5.74) is 8.30. The van der Waals surface area contributed by atoms with Gasteiger partial charge in [0, 0.05) is 17.7 Å². The van der Waals surface area contributed by atoms with Crippen molar-refractivity contribution in [1.82, 2.24) is 4.98 Å². The monoisotopic (exact) mass is 361 g/mol. The van der Waals surface area contributed by atoms with Crippen LogP contribution in [0.5, 0.6) is 5.75 Å². The third-order valence-corrected chi connectivity index (χ3v) is 4.71. The molecule has 136 valence electrons. The van der Waals surface area contributed by atoms with E-state index >= 15 is 0 Å². The van der Waals surface area contributed by atoms with Crippen molar-refractivity contribution in [1.29, 1.82) is 5.26 Å². The summed E-state index contributed by atoms with van der Waals surface area (Å²) in [6.07, 6.45) is 3.06. The Morgan fingerprint density at radius 1 is 1.15 bits per heavy atom. The normalized spacial score (nSPS) is 16.8. The molecule has 0 saturated carbocycles. The van der Waals surface area contributed by atoms with Crippen LogP contribution in [-0.4, -0.2) is 16.7 Å². The molecule has 0 spiro atoms. The van der Waals surface area contributed by atoms with Crippen molar-refractivity contribution >= 4 is 5.82 Å². The standard InChI is InChI=1S/C21H19N3O3/c22-12-16-15(18-8-9-20(27-18)19-3-1-2-10-26-19)11-17(24-21(16)23)13-4-6-14(25)7-5-13/h4-9,11,19,25H,1-3,10H2,(H2,23,24). The molecule has 1 aromatic carbocycles. The van der Waals surface area contributed by atoms with Crippen LogP contribution in [0.3, 0.4) is 0 Å². The number of nitrogens with zero attached hydrogens (tertiary/aromatic N) is 2. The lowest BCUT2D eigenvalue weighted by Crippen LogP contribution is -2.10. The first-order chi connectivity index (χ1) is 13.2. The van der Waals surface area contributed by atoms with E-state index in [9.17, 15) is 10.4 Å². The van der Waals surface area contributed by atoms with Gasteiger partial charge in [0.15, 0.2) is 0 Å². The Morgan fingerprint density at radius 2 is 1.96 bits per heavy atom. The van der Waals surface area contributed by atoms with E-state index in [0.717, 1.165) is 37.2 Å². The number of rotatable bonds is 3. The van der Waals surface area contributed by atoms with E-state index in [4.69, 9.17) is 14.9 Å². The van der Waals surface area contributed by atoms with E-state index in [-0.39, 0.29) is 23.2 Å². The molecule has 1 fully saturated rings. The van der Waals surface area contributed by atoms with Crippen molar-refractivity contribution in [2.75, 3.05) is 12.3 Å². The number of pyridine rings is 1. The summed E-state index contributed by atoms with van der Waals surface area (Å²) in [6.45, 7) is 0.733. The summed E-state index contributed by atoms with van der Waals surface area (Å²) in [5, 5.41) is 19.0. The lowest BCUT2D eigenvalue weighted by atomic mass is 10.0. The molecule has 4 rings (SSSR count). The van der Waals surface area contributed by atoms with E-state index in [2.05, 4.69) is 11.1 Å². The number of furan rings is 1. The molecule has 27 heavy (non-hydrogen) atoms. The average molecular weight is 361 g/mol. The van der Waals surface area contributed by atoms with Gasteiger partial charge in [0.2, 0.25) is 0 Å². The number of nitrogens with two attached hydrogens (primary N) is 1. The molecule has 1 atom stereocenters. The lowest BCUT2D eigenvalue weighted by Gasteiger charge is -2.20. The number of phenols is 1. The Kier molecular flexibility index (Phi) is 4.53. The first-order valence-electron chi connectivity index (χ1n) is 8.87. The quantitative estimate of drug-likeness (QED) is 0.716. The van der Waals surface area contributed by atoms with Gasteiger partial charge in [0.1, 0.15) is 40.8 Å². The van der Waals surface area contributed by atoms with Gasteiger partial charge in [0.25, 0.3) is 0 Å². The van der Waals surface area contributed by atoms with Crippen molar-refractivity contribution < 1.29 is 14.3 Å². The minimum atomic E-state index is -0.0474. The first kappa shape index (κ1) is 17.1. The maximum Gasteiger partial charge on any atom is 0.142 e. The van der Waals surface area contributed by atoms with Gasteiger partial charge in [-0.25, -0.2) is 4.98 Å². The molecule has 0 bridgehead atoms. The average Bonchev–Trinajstić information content (AvgIpc) is 3.19. The maximum atomic E-state index is 9.54. The Morgan fingerprint density at radius 3 is 2.67 bits per heavy atom. The van der Waals surface area contributed by atoms with E-state index in [1.165, 1.54) is 0 Å². The smallest absolute Gasteiger partial charge is 0.142 e. The Labute approximate surface area is 156 Å². The zero-order chi connectivity index (χ0) is 18.8. The molecule has 0 radical (unpaired) electrons. The second-order valence-electron chi connectivity index (χ2n) is 6.53. The highest BCUT2D eigenvalue weighted by molar-refractivity contribution is 5.78. The molecule has 6 nitrogen and oxygen atoms in total. The highest BCUT2D eigenvalue weighted by Crippen LogP contribution is 2.36. The minimum Gasteiger partial charge on any atom is -0.508 e. The molecule has 3 aromatic rings. The largest absolute Gasteiger partial charge is 0.508 e. The first-order valence-corrected chi connectivity index (χ1v) is 8.87. The molecule has 1 saturated heterocycles. The Bertz CT molecular complexity index is 997. The molecule has 1 aliphatic heterocycles. The van der Waals surface area contributed by atoms with Crippen LogP contribution in [0.4, 0.5) is 5.82 Å². The number of hydrogen-bond acceptors (Lipinski definition) is 6. The topological polar surface area (TPSA) is 105 Å². The van der Waals surface area contributed by atoms with Gasteiger partial charge in [-0.1, -0.05) is 0 Å². The highest BCUT2D eigenvalue weighted by atomic mass is 16.5. The number of hydrogen-bond donors (Lipinski definition) is 2. The van der Waals surface area contributed by atoms with Crippen LogP contribution in [0, 0.1) is 11.3 Å². The number of nitriles is 1. The minimum absolute atomic E-state index is 0.0474. The number of aromatic hydroxyl groups is 1. The molecule has 2 aromatic heterocycles. The second-order valence-corrected chi connectivity index (χ2v) is 6.53. The predicted octanol–water partition coefficient (Wildman–Crippen LogP) is 4.41.